The number of benzene rings is 4. The molecule has 4 aromatic rings. The van der Waals surface area contributed by atoms with E-state index in [0.717, 1.165) is 47.1 Å². The number of hydrogen-bond acceptors (Lipinski definition) is 14. The standard InChI is InChI=1S/C22H28N2O5.C15H10ClF3N2O6S.C3H8NO5P/c1-21(2)14-22(3,26-5)29-19-13-17(11-12-18(19)21)28-16-9-7-15(8-10-16)23-20(25)24(4)27-6;1-28(25,26)20-14(22)10-7-9(3-4-12(10)21(23)24)27-13-5-2-8(6-11(13)16)15(17,18)19;5-3(6)1-4-2-10(7,8)9/h7-13H,14H2,1-6H3,(H,23,25);2-7H,1H3,(H,20,22);4H,1-2H2,(H,5,6)(H2,7,8,9). The van der Waals surface area contributed by atoms with Crippen LogP contribution >= 0.6 is 19.2 Å². The Morgan fingerprint density at radius 1 is 0.955 bits per heavy atom. The molecular weight excluding hydrogens is 962 g/mol. The lowest BCUT2D eigenvalue weighted by atomic mass is 9.76. The van der Waals surface area contributed by atoms with Crippen LogP contribution in [0.15, 0.2) is 78.9 Å². The Morgan fingerprint density at radius 2 is 1.55 bits per heavy atom. The molecule has 0 aromatic heterocycles. The number of aliphatic carboxylic acids is 1. The molecule has 21 nitrogen and oxygen atoms in total. The van der Waals surface area contributed by atoms with Gasteiger partial charge in [0.15, 0.2) is 0 Å². The first kappa shape index (κ1) is 55.3. The number of nitro groups is 1. The van der Waals surface area contributed by atoms with E-state index < -0.39 is 81.0 Å². The van der Waals surface area contributed by atoms with Gasteiger partial charge in [-0.05, 0) is 60.0 Å². The topological polar surface area (TPSA) is 292 Å². The highest BCUT2D eigenvalue weighted by Gasteiger charge is 2.42. The summed E-state index contributed by atoms with van der Waals surface area (Å²) in [4.78, 5) is 65.0. The van der Waals surface area contributed by atoms with Gasteiger partial charge in [0, 0.05) is 57.0 Å². The third kappa shape index (κ3) is 17.6. The highest BCUT2D eigenvalue weighted by atomic mass is 35.5. The van der Waals surface area contributed by atoms with Crippen molar-refractivity contribution in [2.24, 2.45) is 0 Å². The number of carboxylic acids is 1. The van der Waals surface area contributed by atoms with E-state index >= 15 is 0 Å². The summed E-state index contributed by atoms with van der Waals surface area (Å²) < 4.78 is 95.0. The number of carbonyl (C=O) groups excluding carboxylic acids is 2. The van der Waals surface area contributed by atoms with Crippen LogP contribution in [0, 0.1) is 10.1 Å². The van der Waals surface area contributed by atoms with E-state index in [1.165, 1.54) is 14.2 Å². The number of alkyl halides is 3. The molecule has 3 amide bonds. The van der Waals surface area contributed by atoms with Crippen LogP contribution < -0.4 is 29.6 Å². The lowest BCUT2D eigenvalue weighted by Gasteiger charge is -2.43. The molecule has 67 heavy (non-hydrogen) atoms. The summed E-state index contributed by atoms with van der Waals surface area (Å²) in [5, 5.41) is 24.5. The van der Waals surface area contributed by atoms with Gasteiger partial charge in [-0.15, -0.1) is 0 Å². The fourth-order valence-corrected chi connectivity index (χ4v) is 6.93. The number of nitrogens with one attached hydrogen (secondary N) is 3. The maximum atomic E-state index is 12.7. The number of fused-ring (bicyclic) bond motifs is 1. The van der Waals surface area contributed by atoms with Crippen molar-refractivity contribution in [3.8, 4) is 28.7 Å². The van der Waals surface area contributed by atoms with Crippen LogP contribution in [0.1, 0.15) is 48.7 Å². The van der Waals surface area contributed by atoms with Gasteiger partial charge >= 0.3 is 25.8 Å². The van der Waals surface area contributed by atoms with E-state index in [4.69, 9.17) is 50.3 Å². The van der Waals surface area contributed by atoms with Crippen molar-refractivity contribution in [1.82, 2.24) is 15.1 Å². The number of carbonyl (C=O) groups is 3. The van der Waals surface area contributed by atoms with Crippen molar-refractivity contribution in [1.29, 1.82) is 0 Å². The normalized spacial score (nSPS) is 15.1. The lowest BCUT2D eigenvalue weighted by molar-refractivity contribution is -0.385. The molecule has 1 unspecified atom stereocenters. The maximum absolute atomic E-state index is 12.7. The molecule has 366 valence electrons. The number of rotatable bonds is 14. The maximum Gasteiger partial charge on any atom is 0.416 e. The summed E-state index contributed by atoms with van der Waals surface area (Å²) in [5.41, 5.74) is -0.659. The zero-order valence-electron chi connectivity index (χ0n) is 36.5. The van der Waals surface area contributed by atoms with Gasteiger partial charge in [0.1, 0.15) is 34.3 Å². The van der Waals surface area contributed by atoms with Crippen LogP contribution in [-0.4, -0.2) is 97.3 Å². The monoisotopic (exact) mass is 1010 g/mol. The molecule has 1 aliphatic heterocycles. The number of sulfonamides is 1. The number of carboxylic acid groups (broad SMARTS) is 1. The Labute approximate surface area is 386 Å². The molecule has 0 saturated heterocycles. The lowest BCUT2D eigenvalue weighted by Crippen LogP contribution is -2.45. The van der Waals surface area contributed by atoms with Gasteiger partial charge in [-0.25, -0.2) is 23.0 Å². The van der Waals surface area contributed by atoms with Crippen molar-refractivity contribution in [3.63, 3.8) is 0 Å². The van der Waals surface area contributed by atoms with Crippen LogP contribution in [0.4, 0.5) is 29.3 Å². The van der Waals surface area contributed by atoms with E-state index in [9.17, 15) is 50.7 Å². The fourth-order valence-electron chi connectivity index (χ4n) is 5.86. The quantitative estimate of drug-likeness (QED) is 0.0405. The molecule has 0 bridgehead atoms. The first-order chi connectivity index (χ1) is 30.8. The molecule has 0 fully saturated rings. The Balaban J connectivity index is 0.000000296. The Kier molecular flexibility index (Phi) is 18.7. The highest BCUT2D eigenvalue weighted by molar-refractivity contribution is 7.89. The van der Waals surface area contributed by atoms with Crippen molar-refractivity contribution in [2.75, 3.05) is 45.7 Å². The number of amides is 3. The fraction of sp³-hybridized carbons (Fsp3) is 0.325. The first-order valence-electron chi connectivity index (χ1n) is 18.9. The summed E-state index contributed by atoms with van der Waals surface area (Å²) in [6.45, 7) is 5.87. The van der Waals surface area contributed by atoms with Gasteiger partial charge < -0.3 is 39.2 Å². The number of urea groups is 1. The smallest absolute Gasteiger partial charge is 0.416 e. The van der Waals surface area contributed by atoms with Gasteiger partial charge in [-0.3, -0.25) is 34.4 Å². The third-order valence-electron chi connectivity index (χ3n) is 8.87. The molecule has 0 radical (unpaired) electrons. The van der Waals surface area contributed by atoms with Gasteiger partial charge in [0.25, 0.3) is 11.6 Å². The third-order valence-corrected chi connectivity index (χ3v) is 10.4. The van der Waals surface area contributed by atoms with Gasteiger partial charge in [0.05, 0.1) is 41.7 Å². The zero-order chi connectivity index (χ0) is 50.7. The molecule has 6 N–H and O–H groups in total. The molecule has 0 spiro atoms. The second kappa shape index (κ2) is 22.6. The van der Waals surface area contributed by atoms with Crippen LogP contribution in [0.5, 0.6) is 28.7 Å². The average molecular weight is 1010 g/mol. The molecule has 27 heteroatoms. The Bertz CT molecular complexity index is 2600. The number of nitro benzene ring substituents is 1. The predicted octanol–water partition coefficient (Wildman–Crippen LogP) is 7.47. The van der Waals surface area contributed by atoms with Crippen molar-refractivity contribution in [3.05, 3.63) is 111 Å². The van der Waals surface area contributed by atoms with E-state index in [2.05, 4.69) is 24.5 Å². The number of nitrogens with zero attached hydrogens (tertiary/aromatic N) is 2. The first-order valence-corrected chi connectivity index (χ1v) is 23.0. The van der Waals surface area contributed by atoms with E-state index in [1.807, 2.05) is 25.1 Å². The summed E-state index contributed by atoms with van der Waals surface area (Å²) >= 11 is 5.76. The van der Waals surface area contributed by atoms with Crippen molar-refractivity contribution < 1.29 is 84.1 Å². The number of methoxy groups -OCH3 is 1. The minimum atomic E-state index is -4.62. The summed E-state index contributed by atoms with van der Waals surface area (Å²) in [6, 6.07) is 17.7. The number of hydrogen-bond donors (Lipinski definition) is 6. The van der Waals surface area contributed by atoms with Gasteiger partial charge in [0.2, 0.25) is 15.8 Å². The summed E-state index contributed by atoms with van der Waals surface area (Å²) in [7, 11) is -3.48. The Morgan fingerprint density at radius 3 is 2.07 bits per heavy atom. The second-order valence-corrected chi connectivity index (χ2v) is 18.7. The SMILES string of the molecule is CON(C)C(=O)Nc1ccc(Oc2ccc3c(c2)OC(C)(OC)CC3(C)C)cc1.CS(=O)(=O)NC(=O)c1cc(Oc2ccc(C(F)(F)F)cc2Cl)ccc1[N+](=O)[O-].O=C(O)CNCP(=O)(O)O. The van der Waals surface area contributed by atoms with Gasteiger partial charge in [-0.1, -0.05) is 31.5 Å². The number of ether oxygens (including phenoxy) is 4. The van der Waals surface area contributed by atoms with Crippen LogP contribution in [0.3, 0.4) is 0 Å². The minimum Gasteiger partial charge on any atom is -0.480 e. The largest absolute Gasteiger partial charge is 0.480 e. The van der Waals surface area contributed by atoms with Crippen molar-refractivity contribution in [2.45, 2.75) is 44.6 Å². The van der Waals surface area contributed by atoms with Crippen molar-refractivity contribution >= 4 is 58.5 Å². The summed E-state index contributed by atoms with van der Waals surface area (Å²) in [6.07, 6.45) is -3.78. The second-order valence-electron chi connectivity index (χ2n) is 14.9. The zero-order valence-corrected chi connectivity index (χ0v) is 39.0. The van der Waals surface area contributed by atoms with E-state index in [-0.39, 0.29) is 22.9 Å². The molecule has 1 heterocycles. The highest BCUT2D eigenvalue weighted by Crippen LogP contribution is 2.46. The average Bonchev–Trinajstić information content (AvgIpc) is 3.20. The van der Waals surface area contributed by atoms with E-state index in [1.54, 1.807) is 36.1 Å². The molecule has 4 aromatic carbocycles. The molecule has 5 rings (SSSR count). The molecule has 1 atom stereocenters. The Hall–Kier alpha value is -6.05. The number of anilines is 1. The minimum absolute atomic E-state index is 0.0773. The van der Waals surface area contributed by atoms with Gasteiger partial charge in [-0.2, -0.15) is 13.2 Å². The van der Waals surface area contributed by atoms with Crippen LogP contribution in [0.25, 0.3) is 0 Å². The predicted molar refractivity (Wildman–Crippen MR) is 235 cm³/mol. The molecule has 0 saturated carbocycles. The number of halogens is 4. The molecular formula is C40H46ClF3N5O16PS. The summed E-state index contributed by atoms with van der Waals surface area (Å²) in [5.74, 6) is -1.43. The molecule has 1 aliphatic rings. The van der Waals surface area contributed by atoms with Crippen LogP contribution in [0.2, 0.25) is 5.02 Å². The molecule has 0 aliphatic carbocycles. The van der Waals surface area contributed by atoms with Crippen LogP contribution in [-0.2, 0) is 40.5 Å². The van der Waals surface area contributed by atoms with E-state index in [0.29, 0.717) is 35.6 Å². The number of hydroxylamine groups is 2.